The van der Waals surface area contributed by atoms with Gasteiger partial charge in [0.1, 0.15) is 0 Å². The molecule has 0 spiro atoms. The fourth-order valence-electron chi connectivity index (χ4n) is 1.34. The lowest BCUT2D eigenvalue weighted by Gasteiger charge is -2.26. The zero-order chi connectivity index (χ0) is 11.8. The van der Waals surface area contributed by atoms with Crippen LogP contribution >= 0.6 is 12.2 Å². The lowest BCUT2D eigenvalue weighted by atomic mass is 10.4. The summed E-state index contributed by atoms with van der Waals surface area (Å²) in [6.07, 6.45) is -0.552. The van der Waals surface area contributed by atoms with Gasteiger partial charge in [0.05, 0.1) is 20.3 Å². The predicted molar refractivity (Wildman–Crippen MR) is 63.4 cm³/mol. The molecule has 92 valence electrons. The van der Waals surface area contributed by atoms with Gasteiger partial charge < -0.3 is 14.8 Å². The summed E-state index contributed by atoms with van der Waals surface area (Å²) >= 11 is 4.90. The molecule has 0 aromatic carbocycles. The van der Waals surface area contributed by atoms with Crippen molar-refractivity contribution in [1.29, 1.82) is 0 Å². The third-order valence-electron chi connectivity index (χ3n) is 2.22. The monoisotopic (exact) mass is 247 g/mol. The van der Waals surface area contributed by atoms with Gasteiger partial charge >= 0.3 is 6.09 Å². The van der Waals surface area contributed by atoms with E-state index in [1.807, 2.05) is 0 Å². The van der Waals surface area contributed by atoms with Crippen LogP contribution in [0, 0.1) is 0 Å². The molecule has 1 fully saturated rings. The highest BCUT2D eigenvalue weighted by molar-refractivity contribution is 7.80. The average molecular weight is 247 g/mol. The Kier molecular flexibility index (Phi) is 6.05. The van der Waals surface area contributed by atoms with Gasteiger partial charge in [0, 0.05) is 26.2 Å². The molecular weight excluding hydrogens is 230 g/mol. The Hall–Kier alpha value is -0.920. The van der Waals surface area contributed by atoms with Gasteiger partial charge in [0.2, 0.25) is 0 Å². The van der Waals surface area contributed by atoms with Gasteiger partial charge in [-0.3, -0.25) is 10.2 Å². The first kappa shape index (κ1) is 13.1. The van der Waals surface area contributed by atoms with Crippen LogP contribution in [0.5, 0.6) is 0 Å². The first-order chi connectivity index (χ1) is 7.72. The van der Waals surface area contributed by atoms with Crippen molar-refractivity contribution in [3.8, 4) is 0 Å². The summed E-state index contributed by atoms with van der Waals surface area (Å²) in [5.41, 5.74) is 0. The number of hydrogen-bond acceptors (Lipinski definition) is 5. The number of methoxy groups -OCH3 is 1. The van der Waals surface area contributed by atoms with Gasteiger partial charge in [-0.15, -0.1) is 0 Å². The van der Waals surface area contributed by atoms with Crippen molar-refractivity contribution in [2.24, 2.45) is 0 Å². The number of thiocarbonyl (C=S) groups is 1. The van der Waals surface area contributed by atoms with Crippen molar-refractivity contribution in [3.05, 3.63) is 0 Å². The van der Waals surface area contributed by atoms with Gasteiger partial charge in [-0.05, 0) is 12.2 Å². The molecule has 0 atom stereocenters. The van der Waals surface area contributed by atoms with Crippen molar-refractivity contribution in [3.63, 3.8) is 0 Å². The Balaban J connectivity index is 2.05. The maximum absolute atomic E-state index is 10.8. The Morgan fingerprint density at radius 1 is 1.50 bits per heavy atom. The topological polar surface area (TPSA) is 62.8 Å². The lowest BCUT2D eigenvalue weighted by Crippen LogP contribution is -2.44. The van der Waals surface area contributed by atoms with E-state index in [0.717, 1.165) is 32.8 Å². The summed E-state index contributed by atoms with van der Waals surface area (Å²) in [5.74, 6) is 0. The summed E-state index contributed by atoms with van der Waals surface area (Å²) in [5, 5.41) is 5.61. The van der Waals surface area contributed by atoms with Gasteiger partial charge in [-0.1, -0.05) is 0 Å². The van der Waals surface area contributed by atoms with Gasteiger partial charge in [0.25, 0.3) is 0 Å². The minimum Gasteiger partial charge on any atom is -0.453 e. The standard InChI is InChI=1S/C9H17N3O3S/c1-14-9(13)11-8(16)10-2-3-12-4-6-15-7-5-12/h2-7H2,1H3,(H2,10,11,13,16). The minimum absolute atomic E-state index is 0.292. The highest BCUT2D eigenvalue weighted by Crippen LogP contribution is 1.94. The number of carbonyl (C=O) groups excluding carboxylic acids is 1. The first-order valence-electron chi connectivity index (χ1n) is 5.15. The van der Waals surface area contributed by atoms with Gasteiger partial charge in [-0.2, -0.15) is 0 Å². The van der Waals surface area contributed by atoms with Crippen molar-refractivity contribution >= 4 is 23.4 Å². The number of alkyl carbamates (subject to hydrolysis) is 1. The molecule has 7 heteroatoms. The number of morpholine rings is 1. The molecule has 1 rings (SSSR count). The maximum atomic E-state index is 10.8. The second-order valence-corrected chi connectivity index (χ2v) is 3.73. The zero-order valence-electron chi connectivity index (χ0n) is 9.32. The van der Waals surface area contributed by atoms with E-state index < -0.39 is 6.09 Å². The molecule has 0 radical (unpaired) electrons. The molecule has 0 aromatic rings. The van der Waals surface area contributed by atoms with E-state index in [-0.39, 0.29) is 0 Å². The molecule has 0 saturated carbocycles. The molecule has 0 aromatic heterocycles. The number of ether oxygens (including phenoxy) is 2. The summed E-state index contributed by atoms with van der Waals surface area (Å²) in [6, 6.07) is 0. The van der Waals surface area contributed by atoms with Crippen LogP contribution in [0.3, 0.4) is 0 Å². The van der Waals surface area contributed by atoms with E-state index in [2.05, 4.69) is 20.3 Å². The van der Waals surface area contributed by atoms with E-state index in [1.165, 1.54) is 7.11 Å². The largest absolute Gasteiger partial charge is 0.453 e. The smallest absolute Gasteiger partial charge is 0.413 e. The lowest BCUT2D eigenvalue weighted by molar-refractivity contribution is 0.0389. The molecule has 1 heterocycles. The Morgan fingerprint density at radius 2 is 2.19 bits per heavy atom. The Morgan fingerprint density at radius 3 is 2.81 bits per heavy atom. The zero-order valence-corrected chi connectivity index (χ0v) is 10.1. The first-order valence-corrected chi connectivity index (χ1v) is 5.56. The number of nitrogens with zero attached hydrogens (tertiary/aromatic N) is 1. The minimum atomic E-state index is -0.552. The van der Waals surface area contributed by atoms with Crippen LogP contribution in [0.25, 0.3) is 0 Å². The third kappa shape index (κ3) is 5.24. The molecule has 2 N–H and O–H groups in total. The van der Waals surface area contributed by atoms with Crippen LogP contribution < -0.4 is 10.6 Å². The highest BCUT2D eigenvalue weighted by Gasteiger charge is 2.09. The summed E-state index contributed by atoms with van der Waals surface area (Å²) < 4.78 is 9.65. The van der Waals surface area contributed by atoms with Crippen LogP contribution in [-0.2, 0) is 9.47 Å². The second kappa shape index (κ2) is 7.37. The third-order valence-corrected chi connectivity index (χ3v) is 2.46. The maximum Gasteiger partial charge on any atom is 0.413 e. The SMILES string of the molecule is COC(=O)NC(=S)NCCN1CCOCC1. The van der Waals surface area contributed by atoms with E-state index >= 15 is 0 Å². The van der Waals surface area contributed by atoms with Crippen LogP contribution in [-0.4, -0.2) is 62.6 Å². The molecule has 16 heavy (non-hydrogen) atoms. The summed E-state index contributed by atoms with van der Waals surface area (Å²) in [4.78, 5) is 13.1. The highest BCUT2D eigenvalue weighted by atomic mass is 32.1. The number of amides is 1. The molecule has 1 amide bonds. The Labute approximate surface area is 100 Å². The number of hydrogen-bond donors (Lipinski definition) is 2. The molecule has 0 bridgehead atoms. The fourth-order valence-corrected chi connectivity index (χ4v) is 1.53. The molecular formula is C9H17N3O3S. The summed E-state index contributed by atoms with van der Waals surface area (Å²) in [7, 11) is 1.30. The molecule has 0 unspecified atom stereocenters. The fraction of sp³-hybridized carbons (Fsp3) is 0.778. The molecule has 6 nitrogen and oxygen atoms in total. The van der Waals surface area contributed by atoms with E-state index in [1.54, 1.807) is 0 Å². The molecule has 0 aliphatic carbocycles. The molecule has 1 aliphatic rings. The number of carbonyl (C=O) groups is 1. The van der Waals surface area contributed by atoms with Crippen molar-refractivity contribution in [1.82, 2.24) is 15.5 Å². The number of rotatable bonds is 3. The van der Waals surface area contributed by atoms with Crippen LogP contribution in [0.2, 0.25) is 0 Å². The predicted octanol–water partition coefficient (Wildman–Crippen LogP) is -0.451. The van der Waals surface area contributed by atoms with Crippen LogP contribution in [0.1, 0.15) is 0 Å². The van der Waals surface area contributed by atoms with E-state index in [4.69, 9.17) is 17.0 Å². The average Bonchev–Trinajstić information content (AvgIpc) is 2.30. The van der Waals surface area contributed by atoms with Gasteiger partial charge in [0.15, 0.2) is 5.11 Å². The quantitative estimate of drug-likeness (QED) is 0.659. The van der Waals surface area contributed by atoms with Crippen molar-refractivity contribution in [2.75, 3.05) is 46.5 Å². The van der Waals surface area contributed by atoms with Gasteiger partial charge in [-0.25, -0.2) is 4.79 Å². The van der Waals surface area contributed by atoms with Crippen molar-refractivity contribution < 1.29 is 14.3 Å². The molecule has 1 aliphatic heterocycles. The normalized spacial score (nSPS) is 16.6. The second-order valence-electron chi connectivity index (χ2n) is 3.33. The Bertz CT molecular complexity index is 244. The summed E-state index contributed by atoms with van der Waals surface area (Å²) in [6.45, 7) is 5.03. The van der Waals surface area contributed by atoms with Crippen molar-refractivity contribution in [2.45, 2.75) is 0 Å². The van der Waals surface area contributed by atoms with E-state index in [9.17, 15) is 4.79 Å². The van der Waals surface area contributed by atoms with Crippen LogP contribution in [0.15, 0.2) is 0 Å². The van der Waals surface area contributed by atoms with Crippen LogP contribution in [0.4, 0.5) is 4.79 Å². The number of nitrogens with one attached hydrogen (secondary N) is 2. The molecule has 1 saturated heterocycles. The van der Waals surface area contributed by atoms with E-state index in [0.29, 0.717) is 11.7 Å².